The molecule has 3 rings (SSSR count). The van der Waals surface area contributed by atoms with Crippen LogP contribution in [0.4, 0.5) is 0 Å². The molecule has 1 fully saturated rings. The fourth-order valence-electron chi connectivity index (χ4n) is 2.82. The van der Waals surface area contributed by atoms with Gasteiger partial charge in [0.15, 0.2) is 0 Å². The second-order valence-corrected chi connectivity index (χ2v) is 5.17. The summed E-state index contributed by atoms with van der Waals surface area (Å²) in [6.45, 7) is 5.40. The van der Waals surface area contributed by atoms with Gasteiger partial charge >= 0.3 is 0 Å². The van der Waals surface area contributed by atoms with Gasteiger partial charge in [-0.3, -0.25) is 4.79 Å². The minimum absolute atomic E-state index is 0.155. The molecule has 4 heteroatoms. The molecule has 19 heavy (non-hydrogen) atoms. The average molecular weight is 260 g/mol. The van der Waals surface area contributed by atoms with Crippen molar-refractivity contribution in [3.63, 3.8) is 0 Å². The lowest BCUT2D eigenvalue weighted by molar-refractivity contribution is 0.0690. The zero-order chi connectivity index (χ0) is 13.2. The maximum atomic E-state index is 12.4. The van der Waals surface area contributed by atoms with Crippen LogP contribution in [0.15, 0.2) is 18.2 Å². The SMILES string of the molecule is CCCCOc1ccc2c(c1)C(=O)N1CCNCC21. The summed E-state index contributed by atoms with van der Waals surface area (Å²) in [6, 6.07) is 6.15. The molecule has 2 aliphatic heterocycles. The Balaban J connectivity index is 1.82. The van der Waals surface area contributed by atoms with Crippen LogP contribution in [0.1, 0.15) is 41.7 Å². The van der Waals surface area contributed by atoms with Crippen molar-refractivity contribution in [3.05, 3.63) is 29.3 Å². The third-order valence-electron chi connectivity index (χ3n) is 3.89. The van der Waals surface area contributed by atoms with Crippen molar-refractivity contribution in [2.24, 2.45) is 0 Å². The molecule has 0 spiro atoms. The number of nitrogens with one attached hydrogen (secondary N) is 1. The van der Waals surface area contributed by atoms with E-state index in [0.29, 0.717) is 0 Å². The van der Waals surface area contributed by atoms with Gasteiger partial charge in [0.05, 0.1) is 12.6 Å². The normalized spacial score (nSPS) is 21.2. The molecule has 0 saturated carbocycles. The first-order valence-corrected chi connectivity index (χ1v) is 7.09. The van der Waals surface area contributed by atoms with Gasteiger partial charge < -0.3 is 15.0 Å². The van der Waals surface area contributed by atoms with E-state index in [4.69, 9.17) is 4.74 Å². The molecule has 2 aliphatic rings. The zero-order valence-electron chi connectivity index (χ0n) is 11.3. The van der Waals surface area contributed by atoms with Gasteiger partial charge in [-0.1, -0.05) is 19.4 Å². The molecule has 1 saturated heterocycles. The van der Waals surface area contributed by atoms with Gasteiger partial charge in [-0.15, -0.1) is 0 Å². The third-order valence-corrected chi connectivity index (χ3v) is 3.89. The molecule has 0 aliphatic carbocycles. The van der Waals surface area contributed by atoms with E-state index in [2.05, 4.69) is 12.2 Å². The number of unbranched alkanes of at least 4 members (excludes halogenated alkanes) is 1. The number of hydrogen-bond donors (Lipinski definition) is 1. The monoisotopic (exact) mass is 260 g/mol. The summed E-state index contributed by atoms with van der Waals surface area (Å²) < 4.78 is 5.69. The third kappa shape index (κ3) is 2.21. The van der Waals surface area contributed by atoms with E-state index in [1.165, 1.54) is 0 Å². The summed E-state index contributed by atoms with van der Waals surface area (Å²) in [7, 11) is 0. The summed E-state index contributed by atoms with van der Waals surface area (Å²) in [4.78, 5) is 14.3. The molecule has 4 nitrogen and oxygen atoms in total. The molecule has 1 unspecified atom stereocenters. The topological polar surface area (TPSA) is 41.6 Å². The molecule has 0 aromatic heterocycles. The van der Waals surface area contributed by atoms with Crippen molar-refractivity contribution >= 4 is 5.91 Å². The number of carbonyl (C=O) groups is 1. The highest BCUT2D eigenvalue weighted by molar-refractivity contribution is 5.99. The number of amides is 1. The molecule has 0 radical (unpaired) electrons. The molecule has 1 N–H and O–H groups in total. The van der Waals surface area contributed by atoms with E-state index < -0.39 is 0 Å². The van der Waals surface area contributed by atoms with Gasteiger partial charge in [-0.2, -0.15) is 0 Å². The summed E-state index contributed by atoms with van der Waals surface area (Å²) in [5.41, 5.74) is 1.96. The van der Waals surface area contributed by atoms with Gasteiger partial charge in [0.25, 0.3) is 5.91 Å². The second kappa shape index (κ2) is 5.21. The van der Waals surface area contributed by atoms with E-state index in [1.807, 2.05) is 23.1 Å². The molecule has 2 heterocycles. The lowest BCUT2D eigenvalue weighted by Crippen LogP contribution is -2.44. The first kappa shape index (κ1) is 12.5. The molecule has 1 amide bonds. The van der Waals surface area contributed by atoms with Crippen LogP contribution in [0.25, 0.3) is 0 Å². The Bertz CT molecular complexity index is 487. The summed E-state index contributed by atoms with van der Waals surface area (Å²) in [5.74, 6) is 0.968. The van der Waals surface area contributed by atoms with Gasteiger partial charge in [0.1, 0.15) is 5.75 Å². The van der Waals surface area contributed by atoms with Gasteiger partial charge in [-0.25, -0.2) is 0 Å². The Hall–Kier alpha value is -1.55. The van der Waals surface area contributed by atoms with E-state index in [0.717, 1.165) is 56.0 Å². The Morgan fingerprint density at radius 2 is 2.37 bits per heavy atom. The highest BCUT2D eigenvalue weighted by atomic mass is 16.5. The molecule has 0 bridgehead atoms. The minimum Gasteiger partial charge on any atom is -0.494 e. The predicted octanol–water partition coefficient (Wildman–Crippen LogP) is 1.97. The van der Waals surface area contributed by atoms with Crippen LogP contribution in [0, 0.1) is 0 Å². The van der Waals surface area contributed by atoms with Crippen LogP contribution in [-0.2, 0) is 0 Å². The molecule has 1 atom stereocenters. The Kier molecular flexibility index (Phi) is 3.42. The van der Waals surface area contributed by atoms with Crippen molar-refractivity contribution < 1.29 is 9.53 Å². The van der Waals surface area contributed by atoms with Gasteiger partial charge in [0.2, 0.25) is 0 Å². The first-order chi connectivity index (χ1) is 9.31. The Morgan fingerprint density at radius 1 is 1.47 bits per heavy atom. The largest absolute Gasteiger partial charge is 0.494 e. The van der Waals surface area contributed by atoms with Crippen molar-refractivity contribution in [2.75, 3.05) is 26.2 Å². The van der Waals surface area contributed by atoms with Gasteiger partial charge in [-0.05, 0) is 24.1 Å². The average Bonchev–Trinajstić information content (AvgIpc) is 2.73. The van der Waals surface area contributed by atoms with Crippen LogP contribution >= 0.6 is 0 Å². The van der Waals surface area contributed by atoms with Crippen molar-refractivity contribution in [3.8, 4) is 5.75 Å². The van der Waals surface area contributed by atoms with Crippen LogP contribution in [0.3, 0.4) is 0 Å². The number of hydrogen-bond acceptors (Lipinski definition) is 3. The maximum absolute atomic E-state index is 12.4. The first-order valence-electron chi connectivity index (χ1n) is 7.09. The van der Waals surface area contributed by atoms with Gasteiger partial charge in [0, 0.05) is 25.2 Å². The van der Waals surface area contributed by atoms with E-state index in [9.17, 15) is 4.79 Å². The minimum atomic E-state index is 0.155. The van der Waals surface area contributed by atoms with Crippen molar-refractivity contribution in [2.45, 2.75) is 25.8 Å². The van der Waals surface area contributed by atoms with E-state index >= 15 is 0 Å². The molecule has 1 aromatic rings. The fourth-order valence-corrected chi connectivity index (χ4v) is 2.82. The standard InChI is InChI=1S/C15H20N2O2/c1-2-3-8-19-11-4-5-12-13(9-11)15(18)17-7-6-16-10-14(12)17/h4-5,9,14,16H,2-3,6-8,10H2,1H3. The smallest absolute Gasteiger partial charge is 0.254 e. The number of rotatable bonds is 4. The predicted molar refractivity (Wildman–Crippen MR) is 73.5 cm³/mol. The van der Waals surface area contributed by atoms with E-state index in [-0.39, 0.29) is 11.9 Å². The molecule has 1 aromatic carbocycles. The zero-order valence-corrected chi connectivity index (χ0v) is 11.3. The Morgan fingerprint density at radius 3 is 3.21 bits per heavy atom. The quantitative estimate of drug-likeness (QED) is 0.842. The number of carbonyl (C=O) groups excluding carboxylic acids is 1. The summed E-state index contributed by atoms with van der Waals surface area (Å²) in [5, 5.41) is 3.35. The number of ether oxygens (including phenoxy) is 1. The Labute approximate surface area is 113 Å². The maximum Gasteiger partial charge on any atom is 0.254 e. The molecular weight excluding hydrogens is 240 g/mol. The van der Waals surface area contributed by atoms with Crippen LogP contribution in [0.2, 0.25) is 0 Å². The van der Waals surface area contributed by atoms with Crippen LogP contribution in [-0.4, -0.2) is 37.0 Å². The van der Waals surface area contributed by atoms with Crippen LogP contribution in [0.5, 0.6) is 5.75 Å². The fraction of sp³-hybridized carbons (Fsp3) is 0.533. The van der Waals surface area contributed by atoms with E-state index in [1.54, 1.807) is 0 Å². The highest BCUT2D eigenvalue weighted by Crippen LogP contribution is 2.36. The number of nitrogens with zero attached hydrogens (tertiary/aromatic N) is 1. The van der Waals surface area contributed by atoms with Crippen molar-refractivity contribution in [1.82, 2.24) is 10.2 Å². The molecular formula is C15H20N2O2. The lowest BCUT2D eigenvalue weighted by Gasteiger charge is -2.30. The number of fused-ring (bicyclic) bond motifs is 3. The number of piperazine rings is 1. The van der Waals surface area contributed by atoms with Crippen molar-refractivity contribution in [1.29, 1.82) is 0 Å². The highest BCUT2D eigenvalue weighted by Gasteiger charge is 2.38. The van der Waals surface area contributed by atoms with Crippen LogP contribution < -0.4 is 10.1 Å². The second-order valence-electron chi connectivity index (χ2n) is 5.17. The molecule has 102 valence electrons. The number of benzene rings is 1. The lowest BCUT2D eigenvalue weighted by atomic mass is 10.0. The summed E-state index contributed by atoms with van der Waals surface area (Å²) >= 11 is 0. The summed E-state index contributed by atoms with van der Waals surface area (Å²) in [6.07, 6.45) is 2.16.